The lowest BCUT2D eigenvalue weighted by molar-refractivity contribution is -0.143. The summed E-state index contributed by atoms with van der Waals surface area (Å²) in [4.78, 5) is 41.9. The smallest absolute Gasteiger partial charge is 0.306 e. The first kappa shape index (κ1) is 22.9. The zero-order valence-corrected chi connectivity index (χ0v) is 19.4. The van der Waals surface area contributed by atoms with Crippen LogP contribution in [0, 0.1) is 12.8 Å². The van der Waals surface area contributed by atoms with Crippen molar-refractivity contribution in [2.45, 2.75) is 33.2 Å². The molecule has 0 saturated carbocycles. The third-order valence-corrected chi connectivity index (χ3v) is 6.49. The number of halogens is 1. The van der Waals surface area contributed by atoms with Gasteiger partial charge in [0.2, 0.25) is 0 Å². The van der Waals surface area contributed by atoms with Gasteiger partial charge in [-0.15, -0.1) is 0 Å². The van der Waals surface area contributed by atoms with Crippen molar-refractivity contribution >= 4 is 34.4 Å². The van der Waals surface area contributed by atoms with E-state index in [0.29, 0.717) is 48.6 Å². The number of likely N-dealkylation sites (tertiary alicyclic amines) is 1. The quantitative estimate of drug-likeness (QED) is 0.541. The summed E-state index contributed by atoms with van der Waals surface area (Å²) >= 11 is 6.55. The molecule has 2 aromatic heterocycles. The summed E-state index contributed by atoms with van der Waals surface area (Å²) in [7, 11) is 0. The number of aromatic nitrogens is 2. The van der Waals surface area contributed by atoms with E-state index >= 15 is 0 Å². The van der Waals surface area contributed by atoms with E-state index in [1.165, 1.54) is 0 Å². The van der Waals surface area contributed by atoms with Gasteiger partial charge in [0.15, 0.2) is 0 Å². The van der Waals surface area contributed by atoms with Crippen LogP contribution >= 0.6 is 11.6 Å². The molecule has 0 aliphatic carbocycles. The van der Waals surface area contributed by atoms with Crippen LogP contribution in [0.2, 0.25) is 5.02 Å². The number of amides is 1. The Morgan fingerprint density at radius 2 is 1.97 bits per heavy atom. The lowest BCUT2D eigenvalue weighted by Crippen LogP contribution is -2.40. The van der Waals surface area contributed by atoms with E-state index in [0.717, 1.165) is 22.2 Å². The zero-order chi connectivity index (χ0) is 23.7. The van der Waals surface area contributed by atoms with Crippen molar-refractivity contribution in [2.24, 2.45) is 5.92 Å². The summed E-state index contributed by atoms with van der Waals surface area (Å²) in [5.41, 5.74) is 3.36. The van der Waals surface area contributed by atoms with Crippen molar-refractivity contribution in [3.05, 3.63) is 69.2 Å². The molecular weight excluding hydrogens is 442 g/mol. The number of hydrogen-bond donors (Lipinski definition) is 2. The molecule has 0 spiro atoms. The Kier molecular flexibility index (Phi) is 6.42. The highest BCUT2D eigenvalue weighted by molar-refractivity contribution is 6.34. The summed E-state index contributed by atoms with van der Waals surface area (Å²) in [6, 6.07) is 7.23. The number of aliphatic carboxylic acids is 1. The van der Waals surface area contributed by atoms with E-state index in [2.05, 4.69) is 4.98 Å². The first-order valence-corrected chi connectivity index (χ1v) is 11.3. The third kappa shape index (κ3) is 4.46. The van der Waals surface area contributed by atoms with Crippen LogP contribution < -0.4 is 5.56 Å². The van der Waals surface area contributed by atoms with Gasteiger partial charge in [0.1, 0.15) is 5.52 Å². The number of pyridine rings is 1. The molecule has 0 atom stereocenters. The van der Waals surface area contributed by atoms with Crippen LogP contribution in [-0.2, 0) is 11.3 Å². The molecule has 0 radical (unpaired) electrons. The zero-order valence-electron chi connectivity index (χ0n) is 18.6. The van der Waals surface area contributed by atoms with Crippen molar-refractivity contribution in [3.8, 4) is 11.1 Å². The van der Waals surface area contributed by atoms with E-state index in [1.54, 1.807) is 21.6 Å². The van der Waals surface area contributed by atoms with Crippen molar-refractivity contribution in [3.63, 3.8) is 0 Å². The molecule has 3 aromatic rings. The fourth-order valence-electron chi connectivity index (χ4n) is 4.34. The van der Waals surface area contributed by atoms with E-state index < -0.39 is 11.9 Å². The number of fused-ring (bicyclic) bond motifs is 1. The Hall–Kier alpha value is -3.32. The molecule has 3 heterocycles. The average Bonchev–Trinajstić information content (AvgIpc) is 3.20. The first-order valence-electron chi connectivity index (χ1n) is 11.0. The van der Waals surface area contributed by atoms with Gasteiger partial charge in [-0.2, -0.15) is 0 Å². The minimum Gasteiger partial charge on any atom is -0.481 e. The van der Waals surface area contributed by atoms with Gasteiger partial charge in [0, 0.05) is 42.5 Å². The molecule has 1 amide bonds. The summed E-state index contributed by atoms with van der Waals surface area (Å²) in [6.45, 7) is 5.05. The molecule has 8 heteroatoms. The Labute approximate surface area is 196 Å². The molecule has 1 aromatic carbocycles. The summed E-state index contributed by atoms with van der Waals surface area (Å²) in [5, 5.41) is 10.3. The number of rotatable bonds is 5. The van der Waals surface area contributed by atoms with Crippen LogP contribution in [0.1, 0.15) is 35.8 Å². The molecule has 1 aliphatic heterocycles. The van der Waals surface area contributed by atoms with Crippen LogP contribution in [0.3, 0.4) is 0 Å². The maximum absolute atomic E-state index is 13.0. The van der Waals surface area contributed by atoms with Gasteiger partial charge in [0.05, 0.1) is 16.5 Å². The van der Waals surface area contributed by atoms with Crippen molar-refractivity contribution in [1.82, 2.24) is 14.5 Å². The predicted molar refractivity (Wildman–Crippen MR) is 129 cm³/mol. The number of aryl methyl sites for hydroxylation is 1. The number of piperidine rings is 1. The number of nitrogens with zero attached hydrogens (tertiary/aromatic N) is 2. The first-order chi connectivity index (χ1) is 15.8. The predicted octanol–water partition coefficient (Wildman–Crippen LogP) is 4.47. The second-order valence-corrected chi connectivity index (χ2v) is 8.82. The van der Waals surface area contributed by atoms with Gasteiger partial charge in [0.25, 0.3) is 11.5 Å². The van der Waals surface area contributed by atoms with E-state index in [4.69, 9.17) is 11.6 Å². The van der Waals surface area contributed by atoms with E-state index in [1.807, 2.05) is 44.3 Å². The molecule has 1 aliphatic rings. The van der Waals surface area contributed by atoms with Crippen LogP contribution in [0.4, 0.5) is 0 Å². The van der Waals surface area contributed by atoms with Crippen LogP contribution in [0.5, 0.6) is 0 Å². The second-order valence-electron chi connectivity index (χ2n) is 8.41. The Morgan fingerprint density at radius 3 is 2.61 bits per heavy atom. The standard InChI is InChI=1S/C25H26ClN3O4/c1-3-4-9-29-14-20(19-12-15(2)27-22(19)24(29)31)17-5-6-18(21(26)13-17)23(30)28-10-7-16(8-11-28)25(32)33/h3-6,12-14,16,27H,7-11H2,1-2H3,(H,32,33). The summed E-state index contributed by atoms with van der Waals surface area (Å²) in [6.07, 6.45) is 6.51. The minimum absolute atomic E-state index is 0.0948. The third-order valence-electron chi connectivity index (χ3n) is 6.18. The molecular formula is C25H26ClN3O4. The number of hydrogen-bond acceptors (Lipinski definition) is 3. The fraction of sp³-hybridized carbons (Fsp3) is 0.320. The number of allylic oxidation sites excluding steroid dienone is 2. The highest BCUT2D eigenvalue weighted by Gasteiger charge is 2.28. The number of nitrogens with one attached hydrogen (secondary N) is 1. The number of benzene rings is 1. The number of carboxylic acid groups (broad SMARTS) is 1. The van der Waals surface area contributed by atoms with Crippen LogP contribution in [-0.4, -0.2) is 44.5 Å². The topological polar surface area (TPSA) is 95.4 Å². The molecule has 172 valence electrons. The summed E-state index contributed by atoms with van der Waals surface area (Å²) < 4.78 is 1.65. The minimum atomic E-state index is -0.813. The molecule has 4 rings (SSSR count). The van der Waals surface area contributed by atoms with Gasteiger partial charge >= 0.3 is 5.97 Å². The fourth-order valence-corrected chi connectivity index (χ4v) is 4.60. The van der Waals surface area contributed by atoms with Crippen LogP contribution in [0.25, 0.3) is 22.0 Å². The van der Waals surface area contributed by atoms with Gasteiger partial charge in [-0.3, -0.25) is 14.4 Å². The maximum atomic E-state index is 13.0. The lowest BCUT2D eigenvalue weighted by atomic mass is 9.96. The van der Waals surface area contributed by atoms with Crippen molar-refractivity contribution < 1.29 is 14.7 Å². The number of aromatic amines is 1. The van der Waals surface area contributed by atoms with E-state index in [-0.39, 0.29) is 11.5 Å². The SMILES string of the molecule is CC=CCn1cc(-c2ccc(C(=O)N3CCC(C(=O)O)CC3)c(Cl)c2)c2cc(C)[nH]c2c1=O. The largest absolute Gasteiger partial charge is 0.481 e. The molecule has 33 heavy (non-hydrogen) atoms. The number of carbonyl (C=O) groups excluding carboxylic acids is 1. The monoisotopic (exact) mass is 467 g/mol. The highest BCUT2D eigenvalue weighted by atomic mass is 35.5. The van der Waals surface area contributed by atoms with Crippen molar-refractivity contribution in [2.75, 3.05) is 13.1 Å². The molecule has 7 nitrogen and oxygen atoms in total. The molecule has 1 saturated heterocycles. The lowest BCUT2D eigenvalue weighted by Gasteiger charge is -2.30. The van der Waals surface area contributed by atoms with Gasteiger partial charge in [-0.05, 0) is 50.5 Å². The van der Waals surface area contributed by atoms with E-state index in [9.17, 15) is 19.5 Å². The molecule has 1 fully saturated rings. The average molecular weight is 468 g/mol. The van der Waals surface area contributed by atoms with Crippen molar-refractivity contribution in [1.29, 1.82) is 0 Å². The Morgan fingerprint density at radius 1 is 1.24 bits per heavy atom. The van der Waals surface area contributed by atoms with Gasteiger partial charge < -0.3 is 19.6 Å². The highest BCUT2D eigenvalue weighted by Crippen LogP contribution is 2.32. The second kappa shape index (κ2) is 9.27. The molecule has 0 unspecified atom stereocenters. The summed E-state index contributed by atoms with van der Waals surface area (Å²) in [5.74, 6) is -1.42. The number of carbonyl (C=O) groups is 2. The number of H-pyrrole nitrogens is 1. The molecule has 2 N–H and O–H groups in total. The van der Waals surface area contributed by atoms with Gasteiger partial charge in [-0.25, -0.2) is 0 Å². The van der Waals surface area contributed by atoms with Crippen LogP contribution in [0.15, 0.2) is 47.4 Å². The normalized spacial score (nSPS) is 14.9. The molecule has 0 bridgehead atoms. The Balaban J connectivity index is 1.68. The number of carboxylic acids is 1. The maximum Gasteiger partial charge on any atom is 0.306 e. The van der Waals surface area contributed by atoms with Gasteiger partial charge in [-0.1, -0.05) is 29.8 Å². The Bertz CT molecular complexity index is 1310.